The molecule has 0 aliphatic heterocycles. The maximum atomic E-state index is 12.3. The maximum absolute atomic E-state index is 12.3. The Hall–Kier alpha value is -2.38. The van der Waals surface area contributed by atoms with Crippen LogP contribution in [0.1, 0.15) is 27.6 Å². The number of esters is 1. The van der Waals surface area contributed by atoms with E-state index < -0.39 is 27.9 Å². The van der Waals surface area contributed by atoms with Crippen LogP contribution in [0.15, 0.2) is 48.5 Å². The van der Waals surface area contributed by atoms with Crippen molar-refractivity contribution in [1.82, 2.24) is 0 Å². The summed E-state index contributed by atoms with van der Waals surface area (Å²) >= 11 is 5.93. The average Bonchev–Trinajstić information content (AvgIpc) is 2.53. The van der Waals surface area contributed by atoms with Crippen molar-refractivity contribution < 1.29 is 22.7 Å². The van der Waals surface area contributed by atoms with Gasteiger partial charge in [0.2, 0.25) is 15.8 Å². The lowest BCUT2D eigenvalue weighted by molar-refractivity contribution is 0.0319. The zero-order chi connectivity index (χ0) is 18.6. The second kappa shape index (κ2) is 7.67. The molecule has 0 amide bonds. The lowest BCUT2D eigenvalue weighted by atomic mass is 10.1. The first-order chi connectivity index (χ1) is 11.7. The Kier molecular flexibility index (Phi) is 5.81. The van der Waals surface area contributed by atoms with Gasteiger partial charge in [-0.3, -0.25) is 9.52 Å². The number of carbonyl (C=O) groups excluding carboxylic acids is 2. The van der Waals surface area contributed by atoms with Gasteiger partial charge in [0.15, 0.2) is 6.10 Å². The molecule has 2 aromatic carbocycles. The molecule has 0 aromatic heterocycles. The van der Waals surface area contributed by atoms with Gasteiger partial charge in [-0.2, -0.15) is 0 Å². The number of nitrogens with one attached hydrogen (secondary N) is 1. The van der Waals surface area contributed by atoms with Crippen molar-refractivity contribution in [2.45, 2.75) is 13.0 Å². The van der Waals surface area contributed by atoms with E-state index in [4.69, 9.17) is 16.3 Å². The van der Waals surface area contributed by atoms with Crippen LogP contribution in [0.25, 0.3) is 0 Å². The molecule has 0 saturated carbocycles. The zero-order valence-electron chi connectivity index (χ0n) is 13.5. The number of hydrogen-bond donors (Lipinski definition) is 1. The number of ether oxygens (including phenoxy) is 1. The topological polar surface area (TPSA) is 89.5 Å². The van der Waals surface area contributed by atoms with Gasteiger partial charge >= 0.3 is 5.97 Å². The molecular formula is C17H16ClNO5S. The molecule has 0 radical (unpaired) electrons. The third-order valence-electron chi connectivity index (χ3n) is 3.22. The van der Waals surface area contributed by atoms with Crippen molar-refractivity contribution in [3.05, 3.63) is 64.7 Å². The minimum absolute atomic E-state index is 0.177. The SMILES string of the molecule is C[C@@H](OC(=O)c1ccccc1Cl)C(=O)c1ccc(NS(C)(=O)=O)cc1. The van der Waals surface area contributed by atoms with Crippen LogP contribution in [-0.4, -0.2) is 32.5 Å². The van der Waals surface area contributed by atoms with E-state index in [1.165, 1.54) is 37.3 Å². The summed E-state index contributed by atoms with van der Waals surface area (Å²) in [6, 6.07) is 12.2. The van der Waals surface area contributed by atoms with E-state index in [0.717, 1.165) is 6.26 Å². The number of halogens is 1. The fourth-order valence-corrected chi connectivity index (χ4v) is 2.83. The molecule has 2 rings (SSSR count). The van der Waals surface area contributed by atoms with Crippen LogP contribution in [-0.2, 0) is 14.8 Å². The fourth-order valence-electron chi connectivity index (χ4n) is 2.06. The number of ketones is 1. The first-order valence-corrected chi connectivity index (χ1v) is 9.52. The van der Waals surface area contributed by atoms with E-state index in [-0.39, 0.29) is 10.6 Å². The van der Waals surface area contributed by atoms with Crippen LogP contribution in [0.3, 0.4) is 0 Å². The fraction of sp³-hybridized carbons (Fsp3) is 0.176. The quantitative estimate of drug-likeness (QED) is 0.613. The molecule has 1 atom stereocenters. The van der Waals surface area contributed by atoms with Gasteiger partial charge < -0.3 is 4.74 Å². The highest BCUT2D eigenvalue weighted by molar-refractivity contribution is 7.92. The molecular weight excluding hydrogens is 366 g/mol. The average molecular weight is 382 g/mol. The predicted molar refractivity (Wildman–Crippen MR) is 95.6 cm³/mol. The van der Waals surface area contributed by atoms with Crippen molar-refractivity contribution >= 4 is 39.1 Å². The highest BCUT2D eigenvalue weighted by Gasteiger charge is 2.21. The summed E-state index contributed by atoms with van der Waals surface area (Å²) in [5.74, 6) is -1.10. The van der Waals surface area contributed by atoms with Crippen LogP contribution < -0.4 is 4.72 Å². The summed E-state index contributed by atoms with van der Waals surface area (Å²) in [5.41, 5.74) is 0.801. The van der Waals surface area contributed by atoms with Crippen LogP contribution in [0.2, 0.25) is 5.02 Å². The van der Waals surface area contributed by atoms with E-state index in [9.17, 15) is 18.0 Å². The minimum Gasteiger partial charge on any atom is -0.451 e. The summed E-state index contributed by atoms with van der Waals surface area (Å²) in [6.07, 6.45) is 0.0138. The van der Waals surface area contributed by atoms with Crippen LogP contribution in [0, 0.1) is 0 Å². The third kappa shape index (κ3) is 5.30. The Labute approximate surface area is 150 Å². The first-order valence-electron chi connectivity index (χ1n) is 7.25. The summed E-state index contributed by atoms with van der Waals surface area (Å²) in [6.45, 7) is 1.46. The summed E-state index contributed by atoms with van der Waals surface area (Å²) < 4.78 is 29.8. The van der Waals surface area contributed by atoms with Crippen molar-refractivity contribution in [2.24, 2.45) is 0 Å². The maximum Gasteiger partial charge on any atom is 0.340 e. The Morgan fingerprint density at radius 1 is 1.08 bits per heavy atom. The molecule has 1 N–H and O–H groups in total. The van der Waals surface area contributed by atoms with E-state index in [1.54, 1.807) is 18.2 Å². The molecule has 8 heteroatoms. The number of carbonyl (C=O) groups is 2. The van der Waals surface area contributed by atoms with Crippen LogP contribution in [0.4, 0.5) is 5.69 Å². The summed E-state index contributed by atoms with van der Waals surface area (Å²) in [5, 5.41) is 0.239. The lowest BCUT2D eigenvalue weighted by Crippen LogP contribution is -2.24. The number of rotatable bonds is 6. The number of Topliss-reactive ketones (excluding diaryl/α,β-unsaturated/α-hetero) is 1. The molecule has 0 heterocycles. The van der Waals surface area contributed by atoms with Crippen molar-refractivity contribution in [3.8, 4) is 0 Å². The summed E-state index contributed by atoms with van der Waals surface area (Å²) in [4.78, 5) is 24.4. The largest absolute Gasteiger partial charge is 0.451 e. The summed E-state index contributed by atoms with van der Waals surface area (Å²) in [7, 11) is -3.39. The Bertz CT molecular complexity index is 894. The normalized spacial score (nSPS) is 12.3. The minimum atomic E-state index is -3.39. The van der Waals surface area contributed by atoms with Gasteiger partial charge in [-0.05, 0) is 43.3 Å². The Morgan fingerprint density at radius 3 is 2.24 bits per heavy atom. The van der Waals surface area contributed by atoms with Gasteiger partial charge in [-0.1, -0.05) is 23.7 Å². The van der Waals surface area contributed by atoms with Gasteiger partial charge in [0.1, 0.15) is 0 Å². The molecule has 0 spiro atoms. The van der Waals surface area contributed by atoms with Gasteiger partial charge in [0, 0.05) is 11.3 Å². The molecule has 0 saturated heterocycles. The van der Waals surface area contributed by atoms with E-state index in [1.807, 2.05) is 0 Å². The molecule has 2 aromatic rings. The molecule has 0 bridgehead atoms. The predicted octanol–water partition coefficient (Wildman–Crippen LogP) is 3.14. The molecule has 0 unspecified atom stereocenters. The molecule has 0 fully saturated rings. The standard InChI is InChI=1S/C17H16ClNO5S/c1-11(24-17(21)14-5-3-4-6-15(14)18)16(20)12-7-9-13(10-8-12)19-25(2,22)23/h3-11,19H,1-2H3/t11-/m1/s1. The highest BCUT2D eigenvalue weighted by Crippen LogP contribution is 2.18. The number of sulfonamides is 1. The number of benzene rings is 2. The second-order valence-electron chi connectivity index (χ2n) is 5.34. The molecule has 0 aliphatic carbocycles. The van der Waals surface area contributed by atoms with Gasteiger partial charge in [0.05, 0.1) is 16.8 Å². The number of hydrogen-bond acceptors (Lipinski definition) is 5. The molecule has 6 nitrogen and oxygen atoms in total. The molecule has 25 heavy (non-hydrogen) atoms. The van der Waals surface area contributed by atoms with Gasteiger partial charge in [0.25, 0.3) is 0 Å². The zero-order valence-corrected chi connectivity index (χ0v) is 15.1. The van der Waals surface area contributed by atoms with E-state index >= 15 is 0 Å². The Balaban J connectivity index is 2.07. The van der Waals surface area contributed by atoms with E-state index in [2.05, 4.69) is 4.72 Å². The molecule has 132 valence electrons. The van der Waals surface area contributed by atoms with Crippen LogP contribution >= 0.6 is 11.6 Å². The monoisotopic (exact) mass is 381 g/mol. The number of anilines is 1. The highest BCUT2D eigenvalue weighted by atomic mass is 35.5. The van der Waals surface area contributed by atoms with Crippen molar-refractivity contribution in [1.29, 1.82) is 0 Å². The Morgan fingerprint density at radius 2 is 1.68 bits per heavy atom. The third-order valence-corrected chi connectivity index (χ3v) is 4.16. The van der Waals surface area contributed by atoms with Crippen molar-refractivity contribution in [2.75, 3.05) is 11.0 Å². The second-order valence-corrected chi connectivity index (χ2v) is 7.50. The molecule has 0 aliphatic rings. The van der Waals surface area contributed by atoms with Crippen LogP contribution in [0.5, 0.6) is 0 Å². The smallest absolute Gasteiger partial charge is 0.340 e. The first kappa shape index (κ1) is 19.0. The van der Waals surface area contributed by atoms with Gasteiger partial charge in [-0.25, -0.2) is 13.2 Å². The lowest BCUT2D eigenvalue weighted by Gasteiger charge is -2.13. The van der Waals surface area contributed by atoms with Gasteiger partial charge in [-0.15, -0.1) is 0 Å². The van der Waals surface area contributed by atoms with Crippen molar-refractivity contribution in [3.63, 3.8) is 0 Å². The van der Waals surface area contributed by atoms with E-state index in [0.29, 0.717) is 11.3 Å².